The number of hydrogen-bond donors (Lipinski definition) is 5. The van der Waals surface area contributed by atoms with Gasteiger partial charge in [-0.25, -0.2) is 9.98 Å². The molecule has 1 atom stereocenters. The lowest BCUT2D eigenvalue weighted by atomic mass is 9.99. The van der Waals surface area contributed by atoms with E-state index in [4.69, 9.17) is 32.4 Å². The average molecular weight is 522 g/mol. The Labute approximate surface area is 218 Å². The molecule has 7 N–H and O–H groups in total. The third-order valence-corrected chi connectivity index (χ3v) is 5.86. The van der Waals surface area contributed by atoms with E-state index in [0.717, 1.165) is 5.56 Å². The van der Waals surface area contributed by atoms with Crippen LogP contribution in [-0.4, -0.2) is 34.5 Å². The molecule has 0 spiro atoms. The first kappa shape index (κ1) is 27.3. The van der Waals surface area contributed by atoms with Crippen molar-refractivity contribution in [2.24, 2.45) is 21.6 Å². The summed E-state index contributed by atoms with van der Waals surface area (Å²) in [7, 11) is 1.50. The first-order valence-corrected chi connectivity index (χ1v) is 11.6. The Morgan fingerprint density at radius 2 is 1.97 bits per heavy atom. The topological polar surface area (TPSA) is 176 Å². The molecule has 1 aromatic carbocycles. The van der Waals surface area contributed by atoms with Gasteiger partial charge < -0.3 is 26.4 Å². The highest BCUT2D eigenvalue weighted by molar-refractivity contribution is 6.29. The number of aromatic nitrogens is 1. The van der Waals surface area contributed by atoms with Crippen LogP contribution in [0, 0.1) is 19.3 Å². The molecular weight excluding hydrogens is 494 g/mol. The zero-order valence-corrected chi connectivity index (χ0v) is 21.6. The fraction of sp³-hybridized carbons (Fsp3) is 0.192. The Hall–Kier alpha value is -4.28. The Balaban J connectivity index is 0.00000186. The molecule has 0 fully saturated rings. The van der Waals surface area contributed by atoms with E-state index in [-0.39, 0.29) is 39.6 Å². The highest BCUT2D eigenvalue weighted by Gasteiger charge is 2.22. The number of nitrogens with one attached hydrogen (secondary N) is 2. The van der Waals surface area contributed by atoms with Crippen LogP contribution in [0.1, 0.15) is 41.1 Å². The van der Waals surface area contributed by atoms with Gasteiger partial charge in [-0.3, -0.25) is 10.2 Å². The summed E-state index contributed by atoms with van der Waals surface area (Å²) in [5.74, 6) is 0.115. The van der Waals surface area contributed by atoms with Gasteiger partial charge in [-0.2, -0.15) is 0 Å². The van der Waals surface area contributed by atoms with Gasteiger partial charge in [0.05, 0.1) is 28.5 Å². The minimum Gasteiger partial charge on any atom is -0.454 e. The second-order valence-corrected chi connectivity index (χ2v) is 8.58. The molecule has 1 unspecified atom stereocenters. The van der Waals surface area contributed by atoms with Crippen molar-refractivity contribution >= 4 is 45.5 Å². The summed E-state index contributed by atoms with van der Waals surface area (Å²) < 4.78 is 6.30. The van der Waals surface area contributed by atoms with E-state index in [1.807, 2.05) is 19.9 Å². The number of amidine groups is 1. The van der Waals surface area contributed by atoms with Crippen LogP contribution in [0.25, 0.3) is 11.0 Å². The number of allylic oxidation sites excluding steroid dienone is 2. The van der Waals surface area contributed by atoms with Crippen LogP contribution in [0.5, 0.6) is 0 Å². The number of aliphatic imine (C=N–C) groups is 1. The molecule has 2 aromatic heterocycles. The molecular formula is C26H28ClN7O3. The molecule has 11 heteroatoms. The Bertz CT molecular complexity index is 1550. The molecule has 0 amide bonds. The number of benzene rings is 1. The van der Waals surface area contributed by atoms with Crippen molar-refractivity contribution in [3.05, 3.63) is 92.2 Å². The summed E-state index contributed by atoms with van der Waals surface area (Å²) in [6.45, 7) is 9.25. The van der Waals surface area contributed by atoms with Crippen molar-refractivity contribution in [3.8, 4) is 0 Å². The number of pyridine rings is 1. The number of anilines is 1. The number of nitrogens with zero attached hydrogens (tertiary/aromatic N) is 3. The first-order chi connectivity index (χ1) is 17.6. The van der Waals surface area contributed by atoms with Crippen molar-refractivity contribution in [1.82, 2.24) is 4.98 Å². The zero-order chi connectivity index (χ0) is 27.4. The summed E-state index contributed by atoms with van der Waals surface area (Å²) in [5.41, 5.74) is 14.1. The lowest BCUT2D eigenvalue weighted by Gasteiger charge is -2.20. The van der Waals surface area contributed by atoms with Gasteiger partial charge in [0.25, 0.3) is 0 Å². The van der Waals surface area contributed by atoms with Gasteiger partial charge in [0.2, 0.25) is 0 Å². The van der Waals surface area contributed by atoms with Gasteiger partial charge in [-0.05, 0) is 63.7 Å². The molecule has 0 aliphatic carbocycles. The summed E-state index contributed by atoms with van der Waals surface area (Å²) in [6.07, 6.45) is 3.20. The Kier molecular flexibility index (Phi) is 8.26. The van der Waals surface area contributed by atoms with Gasteiger partial charge in [0.15, 0.2) is 17.0 Å². The minimum atomic E-state index is -0.378. The van der Waals surface area contributed by atoms with Crippen LogP contribution in [0.4, 0.5) is 5.69 Å². The van der Waals surface area contributed by atoms with Crippen molar-refractivity contribution in [2.75, 3.05) is 12.4 Å². The molecule has 3 aromatic rings. The number of rotatable bonds is 5. The molecule has 0 saturated heterocycles. The lowest BCUT2D eigenvalue weighted by Crippen LogP contribution is -2.20. The Morgan fingerprint density at radius 3 is 2.62 bits per heavy atom. The highest BCUT2D eigenvalue weighted by atomic mass is 35.5. The van der Waals surface area contributed by atoms with Crippen molar-refractivity contribution in [3.63, 3.8) is 0 Å². The minimum absolute atomic E-state index is 0.175. The van der Waals surface area contributed by atoms with Crippen LogP contribution < -0.4 is 22.2 Å². The molecule has 37 heavy (non-hydrogen) atoms. The highest BCUT2D eigenvalue weighted by Crippen LogP contribution is 2.30. The van der Waals surface area contributed by atoms with E-state index in [1.165, 1.54) is 7.05 Å². The third-order valence-electron chi connectivity index (χ3n) is 5.65. The molecule has 0 saturated carbocycles. The largest absolute Gasteiger partial charge is 0.454 e. The number of hydrogen-bond acceptors (Lipinski definition) is 9. The van der Waals surface area contributed by atoms with E-state index in [1.54, 1.807) is 37.3 Å². The van der Waals surface area contributed by atoms with Crippen LogP contribution in [0.2, 0.25) is 5.15 Å². The number of oxime groups is 1. The van der Waals surface area contributed by atoms with Crippen LogP contribution in [0.15, 0.2) is 68.1 Å². The SMILES string of the molecule is C=C1N=C(c2oc3c(C(C)Nc4ccc(Cl)nc4/C(N)=N/O)cc(C)cc3c(=O)c2C)C=CC1=N.CN. The fourth-order valence-corrected chi connectivity index (χ4v) is 4.01. The van der Waals surface area contributed by atoms with Crippen molar-refractivity contribution in [1.29, 1.82) is 5.41 Å². The maximum absolute atomic E-state index is 13.3. The van der Waals surface area contributed by atoms with Gasteiger partial charge in [0.1, 0.15) is 22.1 Å². The average Bonchev–Trinajstić information content (AvgIpc) is 2.89. The molecule has 0 bridgehead atoms. The summed E-state index contributed by atoms with van der Waals surface area (Å²) in [6, 6.07) is 6.58. The number of fused-ring (bicyclic) bond motifs is 1. The van der Waals surface area contributed by atoms with Crippen LogP contribution in [0.3, 0.4) is 0 Å². The monoisotopic (exact) mass is 521 g/mol. The van der Waals surface area contributed by atoms with E-state index >= 15 is 0 Å². The van der Waals surface area contributed by atoms with E-state index in [0.29, 0.717) is 39.3 Å². The molecule has 4 rings (SSSR count). The van der Waals surface area contributed by atoms with E-state index in [9.17, 15) is 4.79 Å². The number of halogens is 1. The summed E-state index contributed by atoms with van der Waals surface area (Å²) in [4.78, 5) is 21.8. The van der Waals surface area contributed by atoms with Gasteiger partial charge in [-0.1, -0.05) is 29.4 Å². The molecule has 1 aliphatic heterocycles. The molecule has 1 aliphatic rings. The number of nitrogens with two attached hydrogens (primary N) is 2. The quantitative estimate of drug-likeness (QED) is 0.110. The first-order valence-electron chi connectivity index (χ1n) is 11.2. The molecule has 192 valence electrons. The zero-order valence-electron chi connectivity index (χ0n) is 20.9. The van der Waals surface area contributed by atoms with E-state index < -0.39 is 0 Å². The normalized spacial score (nSPS) is 14.2. The maximum atomic E-state index is 13.3. The predicted octanol–water partition coefficient (Wildman–Crippen LogP) is 4.19. The number of aryl methyl sites for hydroxylation is 1. The third kappa shape index (κ3) is 5.45. The van der Waals surface area contributed by atoms with Gasteiger partial charge in [0, 0.05) is 11.1 Å². The van der Waals surface area contributed by atoms with Crippen molar-refractivity contribution < 1.29 is 9.62 Å². The number of dihydropyridines is 1. The van der Waals surface area contributed by atoms with E-state index in [2.05, 4.69) is 32.8 Å². The molecule has 0 radical (unpaired) electrons. The predicted molar refractivity (Wildman–Crippen MR) is 148 cm³/mol. The van der Waals surface area contributed by atoms with Gasteiger partial charge in [-0.15, -0.1) is 0 Å². The van der Waals surface area contributed by atoms with Crippen molar-refractivity contribution in [2.45, 2.75) is 26.8 Å². The summed E-state index contributed by atoms with van der Waals surface area (Å²) in [5, 5.41) is 23.9. The lowest BCUT2D eigenvalue weighted by molar-refractivity contribution is 0.318. The van der Waals surface area contributed by atoms with Crippen LogP contribution >= 0.6 is 11.6 Å². The standard InChI is InChI=1S/C25H23ClN6O3.CH5N/c1-11-9-15(13(3)29-18-7-8-20(26)31-21(18)25(28)32-34)24-16(10-11)22(33)12(2)23(35-24)19-6-5-17(27)14(4)30-19;1-2/h5-10,13,27,29,34H,4H2,1-3H3,(H2,28,32);2H2,1H3. The second kappa shape index (κ2) is 11.2. The fourth-order valence-electron chi connectivity index (χ4n) is 3.87. The van der Waals surface area contributed by atoms with Gasteiger partial charge >= 0.3 is 0 Å². The molecule has 10 nitrogen and oxygen atoms in total. The Morgan fingerprint density at radius 1 is 1.27 bits per heavy atom. The second-order valence-electron chi connectivity index (χ2n) is 8.19. The summed E-state index contributed by atoms with van der Waals surface area (Å²) >= 11 is 6.00. The maximum Gasteiger partial charge on any atom is 0.196 e. The van der Waals surface area contributed by atoms with Crippen LogP contribution in [-0.2, 0) is 0 Å². The smallest absolute Gasteiger partial charge is 0.196 e. The molecule has 3 heterocycles.